The Labute approximate surface area is 98.3 Å². The van der Waals surface area contributed by atoms with E-state index >= 15 is 0 Å². The summed E-state index contributed by atoms with van der Waals surface area (Å²) in [4.78, 5) is 1.21. The molecule has 1 aromatic heterocycles. The molecule has 1 rings (SSSR count). The zero-order chi connectivity index (χ0) is 11.1. The van der Waals surface area contributed by atoms with Crippen LogP contribution in [0.25, 0.3) is 0 Å². The number of hydrogen-bond acceptors (Lipinski definition) is 4. The number of aliphatic hydroxyl groups is 2. The predicted octanol–water partition coefficient (Wildman–Crippen LogP) is 1.71. The van der Waals surface area contributed by atoms with Crippen LogP contribution in [0.2, 0.25) is 0 Å². The van der Waals surface area contributed by atoms with E-state index in [0.29, 0.717) is 0 Å². The van der Waals surface area contributed by atoms with Crippen molar-refractivity contribution in [3.05, 3.63) is 21.9 Å². The van der Waals surface area contributed by atoms with Crippen molar-refractivity contribution in [2.75, 3.05) is 13.2 Å². The molecule has 82 valence electrons. The Bertz CT molecular complexity index is 349. The van der Waals surface area contributed by atoms with Gasteiger partial charge < -0.3 is 10.2 Å². The van der Waals surface area contributed by atoms with Crippen molar-refractivity contribution >= 4 is 23.1 Å². The first-order valence-electron chi connectivity index (χ1n) is 4.66. The molecule has 0 bridgehead atoms. The van der Waals surface area contributed by atoms with E-state index in [0.717, 1.165) is 11.3 Å². The predicted molar refractivity (Wildman–Crippen MR) is 66.1 cm³/mol. The molecule has 0 spiro atoms. The molecule has 2 N–H and O–H groups in total. The molecule has 0 fully saturated rings. The zero-order valence-corrected chi connectivity index (χ0v) is 10.2. The minimum absolute atomic E-state index is 0.102. The van der Waals surface area contributed by atoms with Crippen molar-refractivity contribution < 1.29 is 10.2 Å². The third-order valence-electron chi connectivity index (χ3n) is 1.80. The van der Waals surface area contributed by atoms with Gasteiger partial charge in [-0.25, -0.2) is 0 Å². The van der Waals surface area contributed by atoms with Crippen LogP contribution in [0.4, 0.5) is 0 Å². The molecule has 1 atom stereocenters. The molecule has 4 heteroatoms. The van der Waals surface area contributed by atoms with E-state index in [1.807, 2.05) is 18.4 Å². The van der Waals surface area contributed by atoms with E-state index in [2.05, 4.69) is 11.8 Å². The average Bonchev–Trinajstić information content (AvgIpc) is 2.70. The van der Waals surface area contributed by atoms with Crippen molar-refractivity contribution in [2.45, 2.75) is 17.9 Å². The van der Waals surface area contributed by atoms with Crippen LogP contribution < -0.4 is 0 Å². The lowest BCUT2D eigenvalue weighted by Crippen LogP contribution is -2.02. The van der Waals surface area contributed by atoms with E-state index in [1.54, 1.807) is 23.1 Å². The fourth-order valence-corrected chi connectivity index (χ4v) is 2.76. The van der Waals surface area contributed by atoms with Gasteiger partial charge in [-0.15, -0.1) is 11.3 Å². The fraction of sp³-hybridized carbons (Fsp3) is 0.455. The number of rotatable bonds is 4. The summed E-state index contributed by atoms with van der Waals surface area (Å²) in [7, 11) is 0. The van der Waals surface area contributed by atoms with Crippen LogP contribution in [0.5, 0.6) is 0 Å². The summed E-state index contributed by atoms with van der Waals surface area (Å²) in [6.45, 7) is 2.10. The van der Waals surface area contributed by atoms with Gasteiger partial charge in [0.05, 0.1) is 6.61 Å². The third-order valence-corrected chi connectivity index (χ3v) is 4.08. The van der Waals surface area contributed by atoms with Gasteiger partial charge in [0.25, 0.3) is 0 Å². The van der Waals surface area contributed by atoms with Crippen LogP contribution in [0.15, 0.2) is 11.4 Å². The largest absolute Gasteiger partial charge is 0.395 e. The molecule has 0 aliphatic carbocycles. The molecule has 0 aromatic carbocycles. The summed E-state index contributed by atoms with van der Waals surface area (Å²) in [5, 5.41) is 19.8. The molecule has 1 aromatic rings. The SMILES string of the molecule is CC(CO)SCc1sccc1C#CCO. The molecule has 15 heavy (non-hydrogen) atoms. The van der Waals surface area contributed by atoms with Crippen LogP contribution in [0.3, 0.4) is 0 Å². The highest BCUT2D eigenvalue weighted by atomic mass is 32.2. The van der Waals surface area contributed by atoms with Crippen LogP contribution in [0, 0.1) is 11.8 Å². The minimum Gasteiger partial charge on any atom is -0.395 e. The molecular weight excluding hydrogens is 228 g/mol. The number of thiophene rings is 1. The Balaban J connectivity index is 2.57. The maximum absolute atomic E-state index is 8.90. The summed E-state index contributed by atoms with van der Waals surface area (Å²) in [5.41, 5.74) is 0.992. The van der Waals surface area contributed by atoms with E-state index in [-0.39, 0.29) is 18.5 Å². The topological polar surface area (TPSA) is 40.5 Å². The van der Waals surface area contributed by atoms with Crippen molar-refractivity contribution in [1.29, 1.82) is 0 Å². The average molecular weight is 242 g/mol. The van der Waals surface area contributed by atoms with Crippen LogP contribution in [-0.4, -0.2) is 28.7 Å². The van der Waals surface area contributed by atoms with Crippen LogP contribution >= 0.6 is 23.1 Å². The second-order valence-corrected chi connectivity index (χ2v) is 5.45. The Morgan fingerprint density at radius 2 is 2.33 bits per heavy atom. The van der Waals surface area contributed by atoms with Gasteiger partial charge in [-0.05, 0) is 11.4 Å². The quantitative estimate of drug-likeness (QED) is 0.790. The van der Waals surface area contributed by atoms with Gasteiger partial charge in [0.2, 0.25) is 0 Å². The first-order chi connectivity index (χ1) is 7.27. The Kier molecular flexibility index (Phi) is 5.81. The van der Waals surface area contributed by atoms with Crippen molar-refractivity contribution in [2.24, 2.45) is 0 Å². The second kappa shape index (κ2) is 6.91. The highest BCUT2D eigenvalue weighted by Gasteiger charge is 2.05. The van der Waals surface area contributed by atoms with Crippen molar-refractivity contribution in [3.8, 4) is 11.8 Å². The van der Waals surface area contributed by atoms with E-state index in [1.165, 1.54) is 4.88 Å². The van der Waals surface area contributed by atoms with Crippen LogP contribution in [-0.2, 0) is 5.75 Å². The number of hydrogen-bond donors (Lipinski definition) is 2. The zero-order valence-electron chi connectivity index (χ0n) is 8.56. The molecule has 0 saturated heterocycles. The molecule has 0 saturated carbocycles. The summed E-state index contributed by atoms with van der Waals surface area (Å²) in [5.74, 6) is 6.44. The smallest absolute Gasteiger partial charge is 0.104 e. The Morgan fingerprint density at radius 1 is 1.53 bits per heavy atom. The summed E-state index contributed by atoms with van der Waals surface area (Å²) in [6, 6.07) is 1.97. The third kappa shape index (κ3) is 4.27. The fourth-order valence-electron chi connectivity index (χ4n) is 0.969. The molecule has 1 heterocycles. The van der Waals surface area contributed by atoms with Crippen molar-refractivity contribution in [3.63, 3.8) is 0 Å². The van der Waals surface area contributed by atoms with Gasteiger partial charge in [0.15, 0.2) is 0 Å². The molecular formula is C11H14O2S2. The van der Waals surface area contributed by atoms with Gasteiger partial charge >= 0.3 is 0 Å². The molecule has 0 aliphatic rings. The first kappa shape index (κ1) is 12.6. The minimum atomic E-state index is -0.102. The molecule has 1 unspecified atom stereocenters. The van der Waals surface area contributed by atoms with Gasteiger partial charge in [0.1, 0.15) is 6.61 Å². The Hall–Kier alpha value is -0.470. The summed E-state index contributed by atoms with van der Waals surface area (Å²) >= 11 is 3.38. The lowest BCUT2D eigenvalue weighted by Gasteiger charge is -2.05. The van der Waals surface area contributed by atoms with Gasteiger partial charge in [-0.3, -0.25) is 0 Å². The van der Waals surface area contributed by atoms with Gasteiger partial charge in [-0.2, -0.15) is 11.8 Å². The first-order valence-corrected chi connectivity index (χ1v) is 6.59. The van der Waals surface area contributed by atoms with Gasteiger partial charge in [-0.1, -0.05) is 18.8 Å². The lowest BCUT2D eigenvalue weighted by atomic mass is 10.3. The highest BCUT2D eigenvalue weighted by Crippen LogP contribution is 2.24. The number of thioether (sulfide) groups is 1. The monoisotopic (exact) mass is 242 g/mol. The van der Waals surface area contributed by atoms with E-state index in [9.17, 15) is 0 Å². The standard InChI is InChI=1S/C11H14O2S2/c1-9(7-13)15-8-11-10(3-2-5-12)4-6-14-11/h4,6,9,12-13H,5,7-8H2,1H3. The summed E-state index contributed by atoms with van der Waals surface area (Å²) in [6.07, 6.45) is 0. The molecule has 2 nitrogen and oxygen atoms in total. The highest BCUT2D eigenvalue weighted by molar-refractivity contribution is 7.99. The summed E-state index contributed by atoms with van der Waals surface area (Å²) < 4.78 is 0. The normalized spacial score (nSPS) is 11.9. The second-order valence-electron chi connectivity index (χ2n) is 3.02. The van der Waals surface area contributed by atoms with E-state index in [4.69, 9.17) is 10.2 Å². The number of aliphatic hydroxyl groups excluding tert-OH is 2. The van der Waals surface area contributed by atoms with E-state index < -0.39 is 0 Å². The molecule has 0 aliphatic heterocycles. The molecule has 0 amide bonds. The van der Waals surface area contributed by atoms with Gasteiger partial charge in [0, 0.05) is 21.4 Å². The maximum atomic E-state index is 8.90. The lowest BCUT2D eigenvalue weighted by molar-refractivity contribution is 0.300. The van der Waals surface area contributed by atoms with Crippen LogP contribution in [0.1, 0.15) is 17.4 Å². The molecule has 0 radical (unpaired) electrons. The maximum Gasteiger partial charge on any atom is 0.104 e. The van der Waals surface area contributed by atoms with Crippen molar-refractivity contribution in [1.82, 2.24) is 0 Å². The Morgan fingerprint density at radius 3 is 3.00 bits per heavy atom.